The van der Waals surface area contributed by atoms with E-state index in [1.165, 1.54) is 0 Å². The van der Waals surface area contributed by atoms with Gasteiger partial charge in [0.2, 0.25) is 5.91 Å². The molecule has 0 aliphatic rings. The van der Waals surface area contributed by atoms with E-state index in [4.69, 9.17) is 5.11 Å². The van der Waals surface area contributed by atoms with Crippen LogP contribution in [0.3, 0.4) is 0 Å². The molecule has 5 heteroatoms. The van der Waals surface area contributed by atoms with E-state index in [1.54, 1.807) is 6.92 Å². The second-order valence-electron chi connectivity index (χ2n) is 1.79. The van der Waals surface area contributed by atoms with Gasteiger partial charge in [0.1, 0.15) is 6.54 Å². The Bertz CT molecular complexity index is 146. The molecule has 0 unspecified atom stereocenters. The van der Waals surface area contributed by atoms with Crippen LogP contribution in [0.1, 0.15) is 6.92 Å². The van der Waals surface area contributed by atoms with E-state index in [2.05, 4.69) is 17.9 Å². The summed E-state index contributed by atoms with van der Waals surface area (Å²) in [5.74, 6) is -1.42. The number of amides is 1. The lowest BCUT2D eigenvalue weighted by Gasteiger charge is -2.02. The van der Waals surface area contributed by atoms with Crippen molar-refractivity contribution in [2.75, 3.05) is 6.54 Å². The fourth-order valence-corrected chi connectivity index (χ4v) is 0.402. The number of carboxylic acid groups (broad SMARTS) is 1. The molecule has 0 fully saturated rings. The predicted molar refractivity (Wildman–Crippen MR) is 39.1 cm³/mol. The zero-order valence-corrected chi connectivity index (χ0v) is 6.39. The van der Waals surface area contributed by atoms with Crippen molar-refractivity contribution in [3.63, 3.8) is 0 Å². The monoisotopic (exact) mass is 163 g/mol. The van der Waals surface area contributed by atoms with Gasteiger partial charge in [0.05, 0.1) is 5.25 Å². The maximum Gasteiger partial charge on any atom is 0.322 e. The van der Waals surface area contributed by atoms with Crippen molar-refractivity contribution < 1.29 is 14.7 Å². The number of carbonyl (C=O) groups excluding carboxylic acids is 1. The topological polar surface area (TPSA) is 66.4 Å². The Kier molecular flexibility index (Phi) is 3.87. The molecule has 0 heterocycles. The molecule has 0 saturated carbocycles. The second-order valence-corrected chi connectivity index (χ2v) is 2.56. The first kappa shape index (κ1) is 9.29. The summed E-state index contributed by atoms with van der Waals surface area (Å²) in [6.45, 7) is 1.23. The lowest BCUT2D eigenvalue weighted by molar-refractivity contribution is -0.137. The van der Waals surface area contributed by atoms with Crippen molar-refractivity contribution in [2.24, 2.45) is 0 Å². The number of thiol groups is 1. The van der Waals surface area contributed by atoms with E-state index < -0.39 is 11.2 Å². The van der Waals surface area contributed by atoms with Crippen LogP contribution in [0.5, 0.6) is 0 Å². The number of aliphatic carboxylic acids is 1. The van der Waals surface area contributed by atoms with E-state index in [1.807, 2.05) is 0 Å². The summed E-state index contributed by atoms with van der Waals surface area (Å²) < 4.78 is 0. The summed E-state index contributed by atoms with van der Waals surface area (Å²) >= 11 is 3.79. The minimum atomic E-state index is -1.05. The van der Waals surface area contributed by atoms with Crippen LogP contribution >= 0.6 is 12.6 Å². The molecule has 10 heavy (non-hydrogen) atoms. The zero-order valence-electron chi connectivity index (χ0n) is 5.50. The number of hydrogen-bond acceptors (Lipinski definition) is 3. The maximum atomic E-state index is 10.6. The molecule has 0 aliphatic carbocycles. The number of nitrogens with one attached hydrogen (secondary N) is 1. The van der Waals surface area contributed by atoms with E-state index in [9.17, 15) is 9.59 Å². The summed E-state index contributed by atoms with van der Waals surface area (Å²) in [5, 5.41) is 9.81. The van der Waals surface area contributed by atoms with Gasteiger partial charge in [-0.15, -0.1) is 0 Å². The average Bonchev–Trinajstić information content (AvgIpc) is 1.82. The van der Waals surface area contributed by atoms with Gasteiger partial charge in [0.15, 0.2) is 0 Å². The molecule has 0 rings (SSSR count). The van der Waals surface area contributed by atoms with E-state index in [0.29, 0.717) is 0 Å². The van der Waals surface area contributed by atoms with Crippen molar-refractivity contribution in [2.45, 2.75) is 12.2 Å². The van der Waals surface area contributed by atoms with Gasteiger partial charge in [-0.1, -0.05) is 0 Å². The van der Waals surface area contributed by atoms with E-state index >= 15 is 0 Å². The molecular formula is C5H9NO3S. The minimum Gasteiger partial charge on any atom is -0.480 e. The number of carbonyl (C=O) groups is 2. The van der Waals surface area contributed by atoms with Crippen LogP contribution in [0.25, 0.3) is 0 Å². The van der Waals surface area contributed by atoms with Gasteiger partial charge in [-0.2, -0.15) is 12.6 Å². The fourth-order valence-electron chi connectivity index (χ4n) is 0.310. The Morgan fingerprint density at radius 3 is 2.50 bits per heavy atom. The molecule has 0 aromatic heterocycles. The van der Waals surface area contributed by atoms with Crippen LogP contribution in [0.15, 0.2) is 0 Å². The first-order valence-electron chi connectivity index (χ1n) is 2.71. The van der Waals surface area contributed by atoms with Crippen molar-refractivity contribution >= 4 is 24.5 Å². The number of hydrogen-bond donors (Lipinski definition) is 3. The highest BCUT2D eigenvalue weighted by molar-refractivity contribution is 7.81. The maximum absolute atomic E-state index is 10.6. The molecule has 0 bridgehead atoms. The fraction of sp³-hybridized carbons (Fsp3) is 0.600. The first-order valence-corrected chi connectivity index (χ1v) is 3.23. The smallest absolute Gasteiger partial charge is 0.322 e. The van der Waals surface area contributed by atoms with Crippen LogP contribution in [0.4, 0.5) is 0 Å². The molecule has 1 amide bonds. The Balaban J connectivity index is 3.50. The second kappa shape index (κ2) is 4.16. The molecule has 1 atom stereocenters. The third-order valence-corrected chi connectivity index (χ3v) is 1.03. The summed E-state index contributed by atoms with van der Waals surface area (Å²) in [7, 11) is 0. The molecule has 58 valence electrons. The largest absolute Gasteiger partial charge is 0.480 e. The van der Waals surface area contributed by atoms with Crippen LogP contribution in [-0.2, 0) is 9.59 Å². The quantitative estimate of drug-likeness (QED) is 0.492. The highest BCUT2D eigenvalue weighted by Gasteiger charge is 2.07. The lowest BCUT2D eigenvalue weighted by atomic mass is 10.4. The molecular weight excluding hydrogens is 154 g/mol. The van der Waals surface area contributed by atoms with E-state index in [0.717, 1.165) is 0 Å². The first-order chi connectivity index (χ1) is 4.54. The van der Waals surface area contributed by atoms with Gasteiger partial charge in [-0.25, -0.2) is 0 Å². The summed E-state index contributed by atoms with van der Waals surface area (Å²) in [4.78, 5) is 20.5. The molecule has 0 aromatic rings. The molecule has 0 spiro atoms. The molecule has 4 nitrogen and oxygen atoms in total. The van der Waals surface area contributed by atoms with Crippen LogP contribution in [-0.4, -0.2) is 28.8 Å². The number of carboxylic acids is 1. The standard InChI is InChI=1S/C5H9NO3S/c1-3(10)5(9)6-2-4(7)8/h3,10H,2H2,1H3,(H,6,9)(H,7,8)/t3-/m0/s1. The third-order valence-electron chi connectivity index (χ3n) is 0.793. The molecule has 0 radical (unpaired) electrons. The third kappa shape index (κ3) is 4.20. The van der Waals surface area contributed by atoms with Crippen molar-refractivity contribution in [1.82, 2.24) is 5.32 Å². The predicted octanol–water partition coefficient (Wildman–Crippen LogP) is -0.495. The normalized spacial score (nSPS) is 12.2. The minimum absolute atomic E-state index is 0.344. The Morgan fingerprint density at radius 1 is 1.70 bits per heavy atom. The van der Waals surface area contributed by atoms with Crippen molar-refractivity contribution in [3.8, 4) is 0 Å². The summed E-state index contributed by atoms with van der Waals surface area (Å²) in [6, 6.07) is 0. The van der Waals surface area contributed by atoms with Crippen molar-refractivity contribution in [1.29, 1.82) is 0 Å². The summed E-state index contributed by atoms with van der Waals surface area (Å²) in [5.41, 5.74) is 0. The zero-order chi connectivity index (χ0) is 8.15. The number of rotatable bonds is 3. The Hall–Kier alpha value is -0.710. The SMILES string of the molecule is C[C@H](S)C(=O)NCC(=O)O. The lowest BCUT2D eigenvalue weighted by Crippen LogP contribution is -2.33. The van der Waals surface area contributed by atoms with Crippen LogP contribution < -0.4 is 5.32 Å². The summed E-state index contributed by atoms with van der Waals surface area (Å²) in [6.07, 6.45) is 0. The van der Waals surface area contributed by atoms with E-state index in [-0.39, 0.29) is 12.5 Å². The molecule has 0 saturated heterocycles. The highest BCUT2D eigenvalue weighted by atomic mass is 32.1. The molecule has 0 aromatic carbocycles. The average molecular weight is 163 g/mol. The Labute approximate surface area is 64.0 Å². The van der Waals surface area contributed by atoms with Gasteiger partial charge in [-0.05, 0) is 6.92 Å². The van der Waals surface area contributed by atoms with Gasteiger partial charge in [0, 0.05) is 0 Å². The van der Waals surface area contributed by atoms with Crippen molar-refractivity contribution in [3.05, 3.63) is 0 Å². The molecule has 2 N–H and O–H groups in total. The van der Waals surface area contributed by atoms with Gasteiger partial charge < -0.3 is 10.4 Å². The molecule has 0 aliphatic heterocycles. The van der Waals surface area contributed by atoms with Crippen LogP contribution in [0.2, 0.25) is 0 Å². The Morgan fingerprint density at radius 2 is 2.20 bits per heavy atom. The highest BCUT2D eigenvalue weighted by Crippen LogP contribution is 1.89. The van der Waals surface area contributed by atoms with Gasteiger partial charge in [0.25, 0.3) is 0 Å². The van der Waals surface area contributed by atoms with Crippen LogP contribution in [0, 0.1) is 0 Å². The van der Waals surface area contributed by atoms with Gasteiger partial charge >= 0.3 is 5.97 Å². The van der Waals surface area contributed by atoms with Gasteiger partial charge in [-0.3, -0.25) is 9.59 Å².